The summed E-state index contributed by atoms with van der Waals surface area (Å²) in [6.45, 7) is 10.8. The Balaban J connectivity index is 1.14. The Morgan fingerprint density at radius 2 is 1.97 bits per heavy atom. The molecule has 0 radical (unpaired) electrons. The van der Waals surface area contributed by atoms with E-state index in [1.807, 2.05) is 18.0 Å². The van der Waals surface area contributed by atoms with E-state index in [4.69, 9.17) is 9.72 Å². The summed E-state index contributed by atoms with van der Waals surface area (Å²) < 4.78 is 5.46. The summed E-state index contributed by atoms with van der Waals surface area (Å²) in [5.41, 5.74) is 1.81. The first kappa shape index (κ1) is 23.9. The zero-order valence-electron chi connectivity index (χ0n) is 21.7. The number of fused-ring (bicyclic) bond motifs is 5. The van der Waals surface area contributed by atoms with Crippen LogP contribution >= 0.6 is 11.3 Å². The Morgan fingerprint density at radius 1 is 1.14 bits per heavy atom. The van der Waals surface area contributed by atoms with E-state index in [-0.39, 0.29) is 11.3 Å². The van der Waals surface area contributed by atoms with Crippen LogP contribution in [0.25, 0.3) is 0 Å². The van der Waals surface area contributed by atoms with E-state index in [1.54, 1.807) is 11.3 Å². The van der Waals surface area contributed by atoms with Gasteiger partial charge in [0.25, 0.3) is 0 Å². The molecule has 0 spiro atoms. The molecule has 6 rings (SSSR count). The van der Waals surface area contributed by atoms with E-state index in [0.717, 1.165) is 62.8 Å². The number of nitrogens with one attached hydrogen (secondary N) is 1. The number of morpholine rings is 1. The fraction of sp³-hybridized carbons (Fsp3) is 0.786. The highest BCUT2D eigenvalue weighted by Gasteiger charge is 2.60. The van der Waals surface area contributed by atoms with E-state index in [2.05, 4.69) is 35.5 Å². The number of carbonyl (C=O) groups is 1. The molecule has 192 valence electrons. The zero-order valence-corrected chi connectivity index (χ0v) is 22.5. The topological polar surface area (TPSA) is 57.7 Å². The van der Waals surface area contributed by atoms with Gasteiger partial charge in [-0.05, 0) is 67.8 Å². The molecule has 7 heteroatoms. The number of nitrogens with zero attached hydrogens (tertiary/aromatic N) is 3. The van der Waals surface area contributed by atoms with E-state index < -0.39 is 0 Å². The minimum atomic E-state index is 0.128. The van der Waals surface area contributed by atoms with Gasteiger partial charge in [-0.25, -0.2) is 4.98 Å². The Bertz CT molecular complexity index is 974. The van der Waals surface area contributed by atoms with Crippen molar-refractivity contribution in [3.05, 3.63) is 23.2 Å². The number of carbonyl (C=O) groups excluding carboxylic acids is 1. The van der Waals surface area contributed by atoms with Gasteiger partial charge in [0.15, 0.2) is 5.13 Å². The lowest BCUT2D eigenvalue weighted by Gasteiger charge is -2.60. The summed E-state index contributed by atoms with van der Waals surface area (Å²) in [6, 6.07) is 0.368. The normalized spacial score (nSPS) is 41.4. The minimum absolute atomic E-state index is 0.128. The second-order valence-electron chi connectivity index (χ2n) is 12.3. The van der Waals surface area contributed by atoms with Gasteiger partial charge in [-0.2, -0.15) is 0 Å². The molecule has 0 bridgehead atoms. The first-order valence-corrected chi connectivity index (χ1v) is 14.7. The summed E-state index contributed by atoms with van der Waals surface area (Å²) in [6.07, 6.45) is 11.7. The van der Waals surface area contributed by atoms with Crippen molar-refractivity contribution in [2.75, 3.05) is 51.8 Å². The number of likely N-dealkylation sites (N-methyl/N-ethyl adjacent to an activating group) is 1. The quantitative estimate of drug-likeness (QED) is 0.643. The Labute approximate surface area is 214 Å². The SMILES string of the molecule is CN1C(=O)C=C[C@]2(C)[C@H]3CC[C@]4(C)[C@@H](c5csc(NCCN6CCOCC6)n5)CC[C@H]4[C@@H]3CC[C@@H]12. The van der Waals surface area contributed by atoms with Crippen LogP contribution in [-0.2, 0) is 9.53 Å². The molecule has 6 nitrogen and oxygen atoms in total. The highest BCUT2D eigenvalue weighted by Crippen LogP contribution is 2.67. The fourth-order valence-corrected chi connectivity index (χ4v) is 9.69. The maximum Gasteiger partial charge on any atom is 0.246 e. The molecular weight excluding hydrogens is 456 g/mol. The summed E-state index contributed by atoms with van der Waals surface area (Å²) in [7, 11) is 2.02. The summed E-state index contributed by atoms with van der Waals surface area (Å²) >= 11 is 1.79. The number of thiazole rings is 1. The number of hydrogen-bond donors (Lipinski definition) is 1. The third-order valence-electron chi connectivity index (χ3n) is 10.8. The average molecular weight is 499 g/mol. The molecule has 5 aliphatic rings. The van der Waals surface area contributed by atoms with Crippen molar-refractivity contribution in [3.8, 4) is 0 Å². The molecule has 1 N–H and O–H groups in total. The van der Waals surface area contributed by atoms with Gasteiger partial charge in [0.05, 0.1) is 18.9 Å². The van der Waals surface area contributed by atoms with Gasteiger partial charge in [0, 0.05) is 56.0 Å². The molecular formula is C28H42N4O2S. The number of anilines is 1. The second kappa shape index (κ2) is 9.14. The van der Waals surface area contributed by atoms with Gasteiger partial charge >= 0.3 is 0 Å². The van der Waals surface area contributed by atoms with Crippen LogP contribution in [0.2, 0.25) is 0 Å². The number of rotatable bonds is 5. The van der Waals surface area contributed by atoms with Gasteiger partial charge in [-0.3, -0.25) is 9.69 Å². The van der Waals surface area contributed by atoms with Gasteiger partial charge in [0.2, 0.25) is 5.91 Å². The first-order chi connectivity index (χ1) is 16.9. The third-order valence-corrected chi connectivity index (χ3v) is 11.6. The lowest BCUT2D eigenvalue weighted by molar-refractivity contribution is -0.138. The van der Waals surface area contributed by atoms with Gasteiger partial charge in [-0.1, -0.05) is 19.9 Å². The Morgan fingerprint density at radius 3 is 2.80 bits per heavy atom. The molecule has 0 unspecified atom stereocenters. The lowest BCUT2D eigenvalue weighted by Crippen LogP contribution is -2.59. The van der Waals surface area contributed by atoms with Crippen LogP contribution in [0.1, 0.15) is 64.0 Å². The molecule has 7 atom stereocenters. The van der Waals surface area contributed by atoms with Crippen LogP contribution in [-0.4, -0.2) is 73.2 Å². The minimum Gasteiger partial charge on any atom is -0.379 e. The van der Waals surface area contributed by atoms with E-state index in [9.17, 15) is 4.79 Å². The third kappa shape index (κ3) is 3.97. The molecule has 3 heterocycles. The van der Waals surface area contributed by atoms with Crippen LogP contribution in [0, 0.1) is 28.6 Å². The van der Waals surface area contributed by atoms with Crippen molar-refractivity contribution in [1.82, 2.24) is 14.8 Å². The van der Waals surface area contributed by atoms with Gasteiger partial charge < -0.3 is 15.0 Å². The summed E-state index contributed by atoms with van der Waals surface area (Å²) in [5.74, 6) is 3.01. The Kier molecular flexibility index (Phi) is 6.25. The highest BCUT2D eigenvalue weighted by atomic mass is 32.1. The molecule has 0 aromatic carbocycles. The van der Waals surface area contributed by atoms with Crippen LogP contribution in [0.15, 0.2) is 17.5 Å². The molecule has 35 heavy (non-hydrogen) atoms. The molecule has 1 saturated heterocycles. The van der Waals surface area contributed by atoms with Crippen molar-refractivity contribution in [2.45, 2.75) is 64.3 Å². The number of ether oxygens (including phenoxy) is 1. The average Bonchev–Trinajstić information content (AvgIpc) is 3.46. The van der Waals surface area contributed by atoms with E-state index in [0.29, 0.717) is 23.3 Å². The maximum atomic E-state index is 12.4. The fourth-order valence-electron chi connectivity index (χ4n) is 8.90. The number of hydrogen-bond acceptors (Lipinski definition) is 6. The van der Waals surface area contributed by atoms with Crippen molar-refractivity contribution < 1.29 is 9.53 Å². The molecule has 1 aromatic rings. The van der Waals surface area contributed by atoms with Crippen LogP contribution in [0.5, 0.6) is 0 Å². The number of aromatic nitrogens is 1. The van der Waals surface area contributed by atoms with Crippen molar-refractivity contribution in [2.24, 2.45) is 28.6 Å². The van der Waals surface area contributed by atoms with Crippen molar-refractivity contribution in [3.63, 3.8) is 0 Å². The monoisotopic (exact) mass is 498 g/mol. The zero-order chi connectivity index (χ0) is 24.2. The molecule has 3 saturated carbocycles. The van der Waals surface area contributed by atoms with Gasteiger partial charge in [-0.15, -0.1) is 11.3 Å². The molecule has 3 aliphatic carbocycles. The van der Waals surface area contributed by atoms with Crippen molar-refractivity contribution in [1.29, 1.82) is 0 Å². The van der Waals surface area contributed by atoms with Crippen molar-refractivity contribution >= 4 is 22.4 Å². The predicted molar refractivity (Wildman–Crippen MR) is 141 cm³/mol. The molecule has 4 fully saturated rings. The summed E-state index contributed by atoms with van der Waals surface area (Å²) in [4.78, 5) is 22.0. The standard InChI is InChI=1S/C28H42N4O2S/c1-27-10-8-21-19(4-7-24-28(21,2)11-9-25(33)31(24)3)20(27)5-6-22(27)23-18-35-26(30-23)29-12-13-32-14-16-34-17-15-32/h9,11,18-22,24H,4-8,10,12-17H2,1-3H3,(H,29,30)/t19-,20-,21-,22+,24+,27-,28+/m0/s1. The molecule has 1 aromatic heterocycles. The number of amides is 1. The predicted octanol–water partition coefficient (Wildman–Crippen LogP) is 4.61. The summed E-state index contributed by atoms with van der Waals surface area (Å²) in [5, 5.41) is 7.02. The van der Waals surface area contributed by atoms with Crippen LogP contribution < -0.4 is 5.32 Å². The highest BCUT2D eigenvalue weighted by molar-refractivity contribution is 7.13. The smallest absolute Gasteiger partial charge is 0.246 e. The molecule has 1 amide bonds. The maximum absolute atomic E-state index is 12.4. The lowest BCUT2D eigenvalue weighted by atomic mass is 9.47. The van der Waals surface area contributed by atoms with E-state index in [1.165, 1.54) is 37.8 Å². The van der Waals surface area contributed by atoms with Gasteiger partial charge in [0.1, 0.15) is 0 Å². The molecule has 2 aliphatic heterocycles. The first-order valence-electron chi connectivity index (χ1n) is 13.9. The van der Waals surface area contributed by atoms with E-state index >= 15 is 0 Å². The largest absolute Gasteiger partial charge is 0.379 e. The van der Waals surface area contributed by atoms with Crippen LogP contribution in [0.3, 0.4) is 0 Å². The Hall–Kier alpha value is -1.44. The van der Waals surface area contributed by atoms with Crippen LogP contribution in [0.4, 0.5) is 5.13 Å². The second-order valence-corrected chi connectivity index (χ2v) is 13.1.